The average molecular weight is 175 g/mol. The predicted molar refractivity (Wildman–Crippen MR) is 46.8 cm³/mol. The number of hydrogen-bond acceptors (Lipinski definition) is 2. The Kier molecular flexibility index (Phi) is 3.85. The van der Waals surface area contributed by atoms with Crippen molar-refractivity contribution >= 4 is 12.4 Å². The molecule has 0 unspecified atom stereocenters. The first-order valence-electron chi connectivity index (χ1n) is 3.09. The fourth-order valence-corrected chi connectivity index (χ4v) is 0.716. The highest BCUT2D eigenvalue weighted by Gasteiger charge is 1.90. The molecule has 0 atom stereocenters. The summed E-state index contributed by atoms with van der Waals surface area (Å²) in [6.07, 6.45) is 1.71. The third-order valence-corrected chi connectivity index (χ3v) is 1.40. The Labute approximate surface area is 71.2 Å². The highest BCUT2D eigenvalue weighted by Crippen LogP contribution is 1.89. The minimum Gasteiger partial charge on any atom is -0.326 e. The molecule has 0 bridgehead atoms. The van der Waals surface area contributed by atoms with E-state index in [0.717, 1.165) is 5.56 Å². The highest BCUT2D eigenvalue weighted by atomic mass is 35.5. The van der Waals surface area contributed by atoms with E-state index in [0.29, 0.717) is 6.54 Å². The van der Waals surface area contributed by atoms with Gasteiger partial charge in [0.2, 0.25) is 0 Å². The van der Waals surface area contributed by atoms with E-state index in [9.17, 15) is 4.79 Å². The fourth-order valence-electron chi connectivity index (χ4n) is 0.716. The van der Waals surface area contributed by atoms with E-state index in [2.05, 4.69) is 0 Å². The van der Waals surface area contributed by atoms with E-state index in [1.165, 1.54) is 4.57 Å². The summed E-state index contributed by atoms with van der Waals surface area (Å²) < 4.78 is 1.51. The second-order valence-electron chi connectivity index (χ2n) is 2.19. The normalized spacial score (nSPS) is 8.91. The molecule has 11 heavy (non-hydrogen) atoms. The van der Waals surface area contributed by atoms with Crippen LogP contribution in [0, 0.1) is 0 Å². The van der Waals surface area contributed by atoms with Crippen molar-refractivity contribution < 1.29 is 0 Å². The SMILES string of the molecule is Cl.Cn1ccc(CN)cc1=O. The van der Waals surface area contributed by atoms with E-state index in [1.54, 1.807) is 19.3 Å². The van der Waals surface area contributed by atoms with Crippen molar-refractivity contribution in [1.82, 2.24) is 4.57 Å². The summed E-state index contributed by atoms with van der Waals surface area (Å²) in [4.78, 5) is 10.9. The van der Waals surface area contributed by atoms with E-state index >= 15 is 0 Å². The maximum atomic E-state index is 10.9. The van der Waals surface area contributed by atoms with Gasteiger partial charge in [0.25, 0.3) is 5.56 Å². The van der Waals surface area contributed by atoms with E-state index < -0.39 is 0 Å². The standard InChI is InChI=1S/C7H10N2O.ClH/c1-9-3-2-6(5-8)4-7(9)10;/h2-4H,5,8H2,1H3;1H. The molecule has 0 spiro atoms. The Bertz CT molecular complexity index is 282. The lowest BCUT2D eigenvalue weighted by molar-refractivity contribution is 0.848. The predicted octanol–water partition coefficient (Wildman–Crippen LogP) is 0.266. The van der Waals surface area contributed by atoms with Gasteiger partial charge in [-0.2, -0.15) is 0 Å². The zero-order chi connectivity index (χ0) is 7.56. The lowest BCUT2D eigenvalue weighted by Crippen LogP contribution is -2.16. The Morgan fingerprint density at radius 1 is 1.64 bits per heavy atom. The van der Waals surface area contributed by atoms with Crippen LogP contribution in [0.2, 0.25) is 0 Å². The van der Waals surface area contributed by atoms with E-state index in [1.807, 2.05) is 6.07 Å². The fraction of sp³-hybridized carbons (Fsp3) is 0.286. The molecule has 0 aliphatic carbocycles. The molecule has 0 saturated carbocycles. The Morgan fingerprint density at radius 2 is 2.27 bits per heavy atom. The van der Waals surface area contributed by atoms with Crippen LogP contribution in [0.4, 0.5) is 0 Å². The van der Waals surface area contributed by atoms with Crippen LogP contribution in [0.25, 0.3) is 0 Å². The van der Waals surface area contributed by atoms with Gasteiger partial charge in [0, 0.05) is 25.9 Å². The van der Waals surface area contributed by atoms with Crippen molar-refractivity contribution in [3.8, 4) is 0 Å². The van der Waals surface area contributed by atoms with Crippen molar-refractivity contribution in [1.29, 1.82) is 0 Å². The highest BCUT2D eigenvalue weighted by molar-refractivity contribution is 5.85. The summed E-state index contributed by atoms with van der Waals surface area (Å²) in [5, 5.41) is 0. The molecule has 1 aromatic heterocycles. The summed E-state index contributed by atoms with van der Waals surface area (Å²) in [7, 11) is 1.71. The molecule has 0 amide bonds. The largest absolute Gasteiger partial charge is 0.326 e. The van der Waals surface area contributed by atoms with Gasteiger partial charge in [-0.1, -0.05) is 0 Å². The van der Waals surface area contributed by atoms with Gasteiger partial charge in [-0.15, -0.1) is 12.4 Å². The lowest BCUT2D eigenvalue weighted by Gasteiger charge is -1.97. The molecule has 0 fully saturated rings. The number of aromatic nitrogens is 1. The van der Waals surface area contributed by atoms with Crippen molar-refractivity contribution in [3.63, 3.8) is 0 Å². The van der Waals surface area contributed by atoms with E-state index in [4.69, 9.17) is 5.73 Å². The maximum absolute atomic E-state index is 10.9. The maximum Gasteiger partial charge on any atom is 0.250 e. The monoisotopic (exact) mass is 174 g/mol. The summed E-state index contributed by atoms with van der Waals surface area (Å²) in [6.45, 7) is 0.427. The number of pyridine rings is 1. The smallest absolute Gasteiger partial charge is 0.250 e. The van der Waals surface area contributed by atoms with Crippen LogP contribution in [-0.2, 0) is 13.6 Å². The van der Waals surface area contributed by atoms with Crippen molar-refractivity contribution in [2.24, 2.45) is 12.8 Å². The number of rotatable bonds is 1. The summed E-state index contributed by atoms with van der Waals surface area (Å²) >= 11 is 0. The molecular weight excluding hydrogens is 164 g/mol. The van der Waals surface area contributed by atoms with Crippen LogP contribution in [0.15, 0.2) is 23.1 Å². The van der Waals surface area contributed by atoms with Gasteiger partial charge in [0.15, 0.2) is 0 Å². The molecule has 0 aromatic carbocycles. The molecule has 0 aliphatic heterocycles. The number of nitrogens with zero attached hydrogens (tertiary/aromatic N) is 1. The van der Waals surface area contributed by atoms with Gasteiger partial charge in [0.05, 0.1) is 0 Å². The number of halogens is 1. The first kappa shape index (κ1) is 10.2. The Hall–Kier alpha value is -0.800. The molecule has 3 nitrogen and oxygen atoms in total. The van der Waals surface area contributed by atoms with Gasteiger partial charge in [-0.25, -0.2) is 0 Å². The lowest BCUT2D eigenvalue weighted by atomic mass is 10.3. The zero-order valence-corrected chi connectivity index (χ0v) is 7.10. The molecule has 0 radical (unpaired) electrons. The van der Waals surface area contributed by atoms with Crippen molar-refractivity contribution in [2.45, 2.75) is 6.54 Å². The van der Waals surface area contributed by atoms with Gasteiger partial charge in [-0.05, 0) is 11.6 Å². The minimum atomic E-state index is -0.0112. The van der Waals surface area contributed by atoms with Crippen LogP contribution in [0.1, 0.15) is 5.56 Å². The number of aryl methyl sites for hydroxylation is 1. The van der Waals surface area contributed by atoms with Crippen molar-refractivity contribution in [3.05, 3.63) is 34.2 Å². The van der Waals surface area contributed by atoms with Crippen molar-refractivity contribution in [2.75, 3.05) is 0 Å². The first-order valence-corrected chi connectivity index (χ1v) is 3.09. The number of nitrogens with two attached hydrogens (primary N) is 1. The summed E-state index contributed by atoms with van der Waals surface area (Å²) in [6, 6.07) is 3.38. The summed E-state index contributed by atoms with van der Waals surface area (Å²) in [5.41, 5.74) is 6.19. The van der Waals surface area contributed by atoms with Crippen LogP contribution in [-0.4, -0.2) is 4.57 Å². The molecule has 1 heterocycles. The van der Waals surface area contributed by atoms with Gasteiger partial charge < -0.3 is 10.3 Å². The molecule has 62 valence electrons. The minimum absolute atomic E-state index is 0. The summed E-state index contributed by atoms with van der Waals surface area (Å²) in [5.74, 6) is 0. The second kappa shape index (κ2) is 4.16. The van der Waals surface area contributed by atoms with Gasteiger partial charge >= 0.3 is 0 Å². The molecule has 4 heteroatoms. The molecular formula is C7H11ClN2O. The van der Waals surface area contributed by atoms with Crippen LogP contribution in [0.3, 0.4) is 0 Å². The number of hydrogen-bond donors (Lipinski definition) is 1. The molecule has 0 saturated heterocycles. The Morgan fingerprint density at radius 3 is 2.73 bits per heavy atom. The second-order valence-corrected chi connectivity index (χ2v) is 2.19. The van der Waals surface area contributed by atoms with Gasteiger partial charge in [-0.3, -0.25) is 4.79 Å². The first-order chi connectivity index (χ1) is 4.74. The Balaban J connectivity index is 0.000001000. The third kappa shape index (κ3) is 2.37. The molecule has 0 aliphatic rings. The van der Waals surface area contributed by atoms with Crippen LogP contribution < -0.4 is 11.3 Å². The molecule has 1 aromatic rings. The van der Waals surface area contributed by atoms with Crippen LogP contribution >= 0.6 is 12.4 Å². The zero-order valence-electron chi connectivity index (χ0n) is 6.28. The molecule has 2 N–H and O–H groups in total. The van der Waals surface area contributed by atoms with Crippen LogP contribution in [0.5, 0.6) is 0 Å². The average Bonchev–Trinajstić information content (AvgIpc) is 1.95. The quantitative estimate of drug-likeness (QED) is 0.664. The van der Waals surface area contributed by atoms with Gasteiger partial charge in [0.1, 0.15) is 0 Å². The van der Waals surface area contributed by atoms with E-state index in [-0.39, 0.29) is 18.0 Å². The molecule has 1 rings (SSSR count). The topological polar surface area (TPSA) is 48.0 Å². The third-order valence-electron chi connectivity index (χ3n) is 1.40.